The van der Waals surface area contributed by atoms with Crippen LogP contribution in [0.3, 0.4) is 0 Å². The molecule has 0 bridgehead atoms. The number of carbonyl (C=O) groups excluding carboxylic acids is 1. The smallest absolute Gasteiger partial charge is 0.227 e. The highest BCUT2D eigenvalue weighted by atomic mass is 16.5. The van der Waals surface area contributed by atoms with Gasteiger partial charge in [-0.05, 0) is 56.5 Å². The van der Waals surface area contributed by atoms with E-state index in [0.717, 1.165) is 37.2 Å². The number of ether oxygens (including phenoxy) is 1. The molecule has 4 nitrogen and oxygen atoms in total. The Morgan fingerprint density at radius 2 is 2.05 bits per heavy atom. The van der Waals surface area contributed by atoms with Gasteiger partial charge in [0.1, 0.15) is 5.75 Å². The molecule has 1 aromatic carbocycles. The van der Waals surface area contributed by atoms with E-state index in [4.69, 9.17) is 4.74 Å². The molecule has 0 spiro atoms. The zero-order valence-electron chi connectivity index (χ0n) is 13.5. The van der Waals surface area contributed by atoms with E-state index in [1.165, 1.54) is 25.9 Å². The molecule has 0 N–H and O–H groups in total. The van der Waals surface area contributed by atoms with Crippen molar-refractivity contribution in [3.63, 3.8) is 0 Å². The number of rotatable bonds is 5. The van der Waals surface area contributed by atoms with E-state index in [1.54, 1.807) is 7.11 Å². The van der Waals surface area contributed by atoms with Crippen molar-refractivity contribution in [2.24, 2.45) is 0 Å². The van der Waals surface area contributed by atoms with Crippen molar-refractivity contribution in [3.8, 4) is 5.75 Å². The zero-order chi connectivity index (χ0) is 15.4. The lowest BCUT2D eigenvalue weighted by Gasteiger charge is -2.28. The number of benzene rings is 1. The van der Waals surface area contributed by atoms with E-state index in [0.29, 0.717) is 12.5 Å². The normalized spacial score (nSPS) is 22.2. The van der Waals surface area contributed by atoms with Crippen molar-refractivity contribution >= 4 is 5.91 Å². The Labute approximate surface area is 133 Å². The van der Waals surface area contributed by atoms with E-state index < -0.39 is 0 Å². The van der Waals surface area contributed by atoms with Crippen molar-refractivity contribution in [1.29, 1.82) is 0 Å². The molecule has 0 radical (unpaired) electrons. The summed E-state index contributed by atoms with van der Waals surface area (Å²) in [6.07, 6.45) is 5.39. The minimum absolute atomic E-state index is 0.259. The number of nitrogens with zero attached hydrogens (tertiary/aromatic N) is 2. The maximum absolute atomic E-state index is 12.7. The van der Waals surface area contributed by atoms with E-state index >= 15 is 0 Å². The van der Waals surface area contributed by atoms with Crippen LogP contribution < -0.4 is 4.74 Å². The summed E-state index contributed by atoms with van der Waals surface area (Å²) < 4.78 is 5.24. The van der Waals surface area contributed by atoms with Crippen LogP contribution in [0.1, 0.15) is 31.2 Å². The Bertz CT molecular complexity index is 512. The molecule has 1 unspecified atom stereocenters. The molecule has 0 aliphatic carbocycles. The van der Waals surface area contributed by atoms with Gasteiger partial charge in [-0.25, -0.2) is 0 Å². The summed E-state index contributed by atoms with van der Waals surface area (Å²) in [5.41, 5.74) is 1.04. The molecule has 0 saturated carbocycles. The monoisotopic (exact) mass is 302 g/mol. The van der Waals surface area contributed by atoms with E-state index in [9.17, 15) is 4.79 Å². The number of likely N-dealkylation sites (tertiary alicyclic amines) is 2. The van der Waals surface area contributed by atoms with Crippen LogP contribution in [0.25, 0.3) is 0 Å². The molecule has 3 rings (SSSR count). The van der Waals surface area contributed by atoms with Gasteiger partial charge in [0.15, 0.2) is 0 Å². The first-order valence-corrected chi connectivity index (χ1v) is 8.41. The van der Waals surface area contributed by atoms with Crippen molar-refractivity contribution in [3.05, 3.63) is 29.8 Å². The zero-order valence-corrected chi connectivity index (χ0v) is 13.5. The first-order valence-electron chi connectivity index (χ1n) is 8.41. The second kappa shape index (κ2) is 7.14. The van der Waals surface area contributed by atoms with E-state index in [2.05, 4.69) is 9.80 Å². The number of amides is 1. The minimum Gasteiger partial charge on any atom is -0.497 e. The van der Waals surface area contributed by atoms with Gasteiger partial charge in [-0.1, -0.05) is 12.1 Å². The number of carbonyl (C=O) groups is 1. The molecule has 2 heterocycles. The summed E-state index contributed by atoms with van der Waals surface area (Å²) in [5, 5.41) is 0. The fourth-order valence-corrected chi connectivity index (χ4v) is 3.68. The van der Waals surface area contributed by atoms with Crippen LogP contribution >= 0.6 is 0 Å². The fourth-order valence-electron chi connectivity index (χ4n) is 3.68. The van der Waals surface area contributed by atoms with Gasteiger partial charge in [0.25, 0.3) is 0 Å². The van der Waals surface area contributed by atoms with E-state index in [1.807, 2.05) is 24.3 Å². The predicted molar refractivity (Wildman–Crippen MR) is 87.1 cm³/mol. The molecule has 1 amide bonds. The van der Waals surface area contributed by atoms with Crippen molar-refractivity contribution in [1.82, 2.24) is 9.80 Å². The highest BCUT2D eigenvalue weighted by Gasteiger charge is 2.30. The van der Waals surface area contributed by atoms with Gasteiger partial charge in [-0.15, -0.1) is 0 Å². The summed E-state index contributed by atoms with van der Waals surface area (Å²) >= 11 is 0. The summed E-state index contributed by atoms with van der Waals surface area (Å²) in [5.74, 6) is 1.08. The van der Waals surface area contributed by atoms with Crippen LogP contribution in [-0.4, -0.2) is 55.0 Å². The van der Waals surface area contributed by atoms with Crippen molar-refractivity contribution in [2.45, 2.75) is 38.1 Å². The fraction of sp³-hybridized carbons (Fsp3) is 0.611. The molecule has 120 valence electrons. The van der Waals surface area contributed by atoms with E-state index in [-0.39, 0.29) is 5.91 Å². The standard InChI is InChI=1S/C18H26N2O2/c1-22-17-8-4-6-15(12-17)13-18(21)20-11-5-7-16(20)14-19-9-2-3-10-19/h4,6,8,12,16H,2-3,5,7,9-11,13-14H2,1H3. The van der Waals surface area contributed by atoms with Crippen molar-refractivity contribution < 1.29 is 9.53 Å². The summed E-state index contributed by atoms with van der Waals surface area (Å²) in [7, 11) is 1.66. The summed E-state index contributed by atoms with van der Waals surface area (Å²) in [4.78, 5) is 17.3. The van der Waals surface area contributed by atoms with Gasteiger partial charge in [0, 0.05) is 19.1 Å². The molecule has 2 aliphatic rings. The predicted octanol–water partition coefficient (Wildman–Crippen LogP) is 2.32. The number of hydrogen-bond donors (Lipinski definition) is 0. The van der Waals surface area contributed by atoms with Crippen LogP contribution in [0, 0.1) is 0 Å². The number of hydrogen-bond acceptors (Lipinski definition) is 3. The van der Waals surface area contributed by atoms with Gasteiger partial charge in [0.2, 0.25) is 5.91 Å². The third-order valence-corrected chi connectivity index (χ3v) is 4.85. The Morgan fingerprint density at radius 1 is 1.23 bits per heavy atom. The van der Waals surface area contributed by atoms with Gasteiger partial charge in [-0.3, -0.25) is 4.79 Å². The molecular weight excluding hydrogens is 276 g/mol. The summed E-state index contributed by atoms with van der Waals surface area (Å²) in [6, 6.07) is 8.25. The van der Waals surface area contributed by atoms with Crippen LogP contribution in [0.4, 0.5) is 0 Å². The van der Waals surface area contributed by atoms with Gasteiger partial charge >= 0.3 is 0 Å². The second-order valence-corrected chi connectivity index (χ2v) is 6.42. The second-order valence-electron chi connectivity index (χ2n) is 6.42. The molecular formula is C18H26N2O2. The minimum atomic E-state index is 0.259. The Balaban J connectivity index is 1.60. The summed E-state index contributed by atoms with van der Waals surface area (Å²) in [6.45, 7) is 4.38. The Morgan fingerprint density at radius 3 is 2.82 bits per heavy atom. The topological polar surface area (TPSA) is 32.8 Å². The first kappa shape index (κ1) is 15.3. The molecule has 1 atom stereocenters. The number of methoxy groups -OCH3 is 1. The lowest BCUT2D eigenvalue weighted by molar-refractivity contribution is -0.131. The quantitative estimate of drug-likeness (QED) is 0.837. The highest BCUT2D eigenvalue weighted by Crippen LogP contribution is 2.22. The van der Waals surface area contributed by atoms with Crippen molar-refractivity contribution in [2.75, 3.05) is 33.3 Å². The average molecular weight is 302 g/mol. The Kier molecular flexibility index (Phi) is 4.98. The molecule has 4 heteroatoms. The molecule has 22 heavy (non-hydrogen) atoms. The largest absolute Gasteiger partial charge is 0.497 e. The van der Waals surface area contributed by atoms with Crippen LogP contribution in [0.5, 0.6) is 5.75 Å². The van der Waals surface area contributed by atoms with Gasteiger partial charge < -0.3 is 14.5 Å². The average Bonchev–Trinajstić information content (AvgIpc) is 3.19. The maximum atomic E-state index is 12.7. The highest BCUT2D eigenvalue weighted by molar-refractivity contribution is 5.79. The first-order chi connectivity index (χ1) is 10.8. The van der Waals surface area contributed by atoms with Crippen LogP contribution in [0.2, 0.25) is 0 Å². The molecule has 2 fully saturated rings. The Hall–Kier alpha value is -1.55. The van der Waals surface area contributed by atoms with Gasteiger partial charge in [-0.2, -0.15) is 0 Å². The third kappa shape index (κ3) is 3.61. The SMILES string of the molecule is COc1cccc(CC(=O)N2CCCC2CN2CCCC2)c1. The lowest BCUT2D eigenvalue weighted by Crippen LogP contribution is -2.43. The maximum Gasteiger partial charge on any atom is 0.227 e. The molecule has 2 saturated heterocycles. The third-order valence-electron chi connectivity index (χ3n) is 4.85. The van der Waals surface area contributed by atoms with Gasteiger partial charge in [0.05, 0.1) is 13.5 Å². The molecule has 0 aromatic heterocycles. The van der Waals surface area contributed by atoms with Crippen LogP contribution in [0.15, 0.2) is 24.3 Å². The van der Waals surface area contributed by atoms with Crippen LogP contribution in [-0.2, 0) is 11.2 Å². The molecule has 1 aromatic rings. The molecule has 2 aliphatic heterocycles. The lowest BCUT2D eigenvalue weighted by atomic mass is 10.1.